The van der Waals surface area contributed by atoms with Gasteiger partial charge < -0.3 is 9.73 Å². The maximum absolute atomic E-state index is 5.74. The van der Waals surface area contributed by atoms with Crippen molar-refractivity contribution in [3.8, 4) is 10.6 Å². The van der Waals surface area contributed by atoms with Gasteiger partial charge in [0.2, 0.25) is 0 Å². The van der Waals surface area contributed by atoms with Gasteiger partial charge in [-0.15, -0.1) is 11.3 Å². The molecule has 1 aliphatic rings. The first-order valence-corrected chi connectivity index (χ1v) is 7.41. The van der Waals surface area contributed by atoms with Gasteiger partial charge in [-0.05, 0) is 40.2 Å². The molecule has 2 heterocycles. The highest BCUT2D eigenvalue weighted by Crippen LogP contribution is 2.33. The molecule has 0 radical (unpaired) electrons. The van der Waals surface area contributed by atoms with Gasteiger partial charge in [-0.2, -0.15) is 0 Å². The zero-order chi connectivity index (χ0) is 11.7. The van der Waals surface area contributed by atoms with Crippen LogP contribution in [0.25, 0.3) is 10.6 Å². The molecule has 1 saturated carbocycles. The molecule has 0 bridgehead atoms. The lowest BCUT2D eigenvalue weighted by molar-refractivity contribution is 0.495. The van der Waals surface area contributed by atoms with E-state index in [9.17, 15) is 0 Å². The van der Waals surface area contributed by atoms with E-state index in [0.717, 1.165) is 40.0 Å². The summed E-state index contributed by atoms with van der Waals surface area (Å²) in [4.78, 5) is 5.42. The molecule has 17 heavy (non-hydrogen) atoms. The number of nitrogens with zero attached hydrogens (tertiary/aromatic N) is 1. The topological polar surface area (TPSA) is 38.1 Å². The zero-order valence-corrected chi connectivity index (χ0v) is 11.7. The Morgan fingerprint density at radius 3 is 3.12 bits per heavy atom. The van der Waals surface area contributed by atoms with Gasteiger partial charge in [0.15, 0.2) is 11.7 Å². The molecule has 0 saturated heterocycles. The van der Waals surface area contributed by atoms with Gasteiger partial charge in [0.1, 0.15) is 0 Å². The molecule has 0 atom stereocenters. The molecule has 2 aromatic heterocycles. The van der Waals surface area contributed by atoms with Crippen molar-refractivity contribution in [2.24, 2.45) is 0 Å². The van der Waals surface area contributed by atoms with Crippen molar-refractivity contribution in [3.63, 3.8) is 0 Å². The van der Waals surface area contributed by atoms with Gasteiger partial charge >= 0.3 is 0 Å². The van der Waals surface area contributed by atoms with Crippen molar-refractivity contribution >= 4 is 27.3 Å². The number of halogens is 1. The monoisotopic (exact) mass is 312 g/mol. The normalized spacial score (nSPS) is 15.4. The predicted molar refractivity (Wildman–Crippen MR) is 72.2 cm³/mol. The lowest BCUT2D eigenvalue weighted by Gasteiger charge is -1.98. The van der Waals surface area contributed by atoms with Crippen molar-refractivity contribution in [2.45, 2.75) is 25.3 Å². The van der Waals surface area contributed by atoms with Gasteiger partial charge in [0, 0.05) is 23.5 Å². The number of aromatic nitrogens is 1. The largest absolute Gasteiger partial charge is 0.440 e. The van der Waals surface area contributed by atoms with Crippen LogP contribution in [0.5, 0.6) is 0 Å². The maximum Gasteiger partial charge on any atom is 0.196 e. The lowest BCUT2D eigenvalue weighted by atomic mass is 10.4. The molecule has 3 nitrogen and oxygen atoms in total. The molecule has 0 unspecified atom stereocenters. The Bertz CT molecular complexity index is 504. The molecule has 5 heteroatoms. The smallest absolute Gasteiger partial charge is 0.196 e. The standard InChI is InChI=1S/C12H13BrN2OS/c13-9-4-6-17-12(9)10-7-15-11(16-10)3-5-14-8-1-2-8/h4,6-8,14H,1-3,5H2. The van der Waals surface area contributed by atoms with Crippen LogP contribution >= 0.6 is 27.3 Å². The van der Waals surface area contributed by atoms with Crippen LogP contribution in [0.1, 0.15) is 18.7 Å². The Morgan fingerprint density at radius 1 is 1.53 bits per heavy atom. The fourth-order valence-corrected chi connectivity index (χ4v) is 3.19. The van der Waals surface area contributed by atoms with E-state index in [2.05, 4.69) is 26.2 Å². The van der Waals surface area contributed by atoms with Crippen LogP contribution in [-0.4, -0.2) is 17.6 Å². The highest BCUT2D eigenvalue weighted by atomic mass is 79.9. The van der Waals surface area contributed by atoms with Crippen LogP contribution in [0.15, 0.2) is 26.5 Å². The summed E-state index contributed by atoms with van der Waals surface area (Å²) in [5.41, 5.74) is 0. The quantitative estimate of drug-likeness (QED) is 0.918. The molecule has 1 N–H and O–H groups in total. The van der Waals surface area contributed by atoms with Crippen LogP contribution in [0, 0.1) is 0 Å². The first-order chi connectivity index (χ1) is 8.33. The van der Waals surface area contributed by atoms with Crippen LogP contribution in [0.3, 0.4) is 0 Å². The summed E-state index contributed by atoms with van der Waals surface area (Å²) in [6.45, 7) is 0.955. The fraction of sp³-hybridized carbons (Fsp3) is 0.417. The van der Waals surface area contributed by atoms with Crippen LogP contribution in [0.4, 0.5) is 0 Å². The molecule has 1 aliphatic carbocycles. The molecule has 3 rings (SSSR count). The van der Waals surface area contributed by atoms with Gasteiger partial charge in [-0.3, -0.25) is 0 Å². The van der Waals surface area contributed by atoms with Crippen LogP contribution < -0.4 is 5.32 Å². The van der Waals surface area contributed by atoms with Gasteiger partial charge in [-0.25, -0.2) is 4.98 Å². The summed E-state index contributed by atoms with van der Waals surface area (Å²) in [7, 11) is 0. The van der Waals surface area contributed by atoms with E-state index in [4.69, 9.17) is 4.42 Å². The molecule has 1 fully saturated rings. The average Bonchev–Trinajstić information content (AvgIpc) is 2.85. The van der Waals surface area contributed by atoms with Crippen molar-refractivity contribution in [1.29, 1.82) is 0 Å². The predicted octanol–water partition coefficient (Wildman–Crippen LogP) is 3.46. The minimum absolute atomic E-state index is 0.746. The number of hydrogen-bond acceptors (Lipinski definition) is 4. The molecular weight excluding hydrogens is 300 g/mol. The Hall–Kier alpha value is -0.650. The molecule has 0 aromatic carbocycles. The minimum Gasteiger partial charge on any atom is -0.440 e. The molecule has 90 valence electrons. The third-order valence-corrected chi connectivity index (χ3v) is 4.60. The van der Waals surface area contributed by atoms with E-state index < -0.39 is 0 Å². The highest BCUT2D eigenvalue weighted by molar-refractivity contribution is 9.10. The van der Waals surface area contributed by atoms with Crippen molar-refractivity contribution < 1.29 is 4.42 Å². The van der Waals surface area contributed by atoms with E-state index in [-0.39, 0.29) is 0 Å². The average molecular weight is 313 g/mol. The Balaban J connectivity index is 1.63. The second-order valence-corrected chi connectivity index (χ2v) is 5.96. The summed E-state index contributed by atoms with van der Waals surface area (Å²) in [6.07, 6.45) is 5.31. The second-order valence-electron chi connectivity index (χ2n) is 4.19. The molecule has 0 amide bonds. The van der Waals surface area contributed by atoms with Gasteiger partial charge in [-0.1, -0.05) is 0 Å². The Labute approximate surface area is 112 Å². The fourth-order valence-electron chi connectivity index (χ4n) is 1.67. The first kappa shape index (κ1) is 11.4. The zero-order valence-electron chi connectivity index (χ0n) is 9.28. The summed E-state index contributed by atoms with van der Waals surface area (Å²) in [6, 6.07) is 2.77. The highest BCUT2D eigenvalue weighted by Gasteiger charge is 2.20. The summed E-state index contributed by atoms with van der Waals surface area (Å²) in [5.74, 6) is 1.67. The van der Waals surface area contributed by atoms with E-state index in [1.807, 2.05) is 17.6 Å². The number of rotatable bonds is 5. The number of thiophene rings is 1. The van der Waals surface area contributed by atoms with E-state index >= 15 is 0 Å². The third-order valence-electron chi connectivity index (χ3n) is 2.74. The first-order valence-electron chi connectivity index (χ1n) is 5.74. The molecular formula is C12H13BrN2OS. The van der Waals surface area contributed by atoms with Crippen molar-refractivity contribution in [3.05, 3.63) is 28.0 Å². The van der Waals surface area contributed by atoms with E-state index in [0.29, 0.717) is 0 Å². The van der Waals surface area contributed by atoms with Crippen LogP contribution in [0.2, 0.25) is 0 Å². The van der Waals surface area contributed by atoms with Gasteiger partial charge in [0.05, 0.1) is 11.1 Å². The summed E-state index contributed by atoms with van der Waals surface area (Å²) >= 11 is 5.16. The van der Waals surface area contributed by atoms with Crippen LogP contribution in [-0.2, 0) is 6.42 Å². The third kappa shape index (κ3) is 2.78. The second kappa shape index (κ2) is 4.92. The molecule has 2 aromatic rings. The molecule has 0 aliphatic heterocycles. The van der Waals surface area contributed by atoms with Gasteiger partial charge in [0.25, 0.3) is 0 Å². The van der Waals surface area contributed by atoms with Crippen molar-refractivity contribution in [1.82, 2.24) is 10.3 Å². The maximum atomic E-state index is 5.74. The SMILES string of the molecule is Brc1ccsc1-c1cnc(CCNC2CC2)o1. The number of nitrogens with one attached hydrogen (secondary N) is 1. The summed E-state index contributed by atoms with van der Waals surface area (Å²) in [5, 5.41) is 5.49. The minimum atomic E-state index is 0.746. The molecule has 0 spiro atoms. The lowest BCUT2D eigenvalue weighted by Crippen LogP contribution is -2.19. The number of hydrogen-bond donors (Lipinski definition) is 1. The number of oxazole rings is 1. The summed E-state index contributed by atoms with van der Waals surface area (Å²) < 4.78 is 6.81. The van der Waals surface area contributed by atoms with E-state index in [1.54, 1.807) is 11.3 Å². The van der Waals surface area contributed by atoms with Crippen molar-refractivity contribution in [2.75, 3.05) is 6.54 Å². The Kier molecular flexibility index (Phi) is 3.31. The van der Waals surface area contributed by atoms with E-state index in [1.165, 1.54) is 12.8 Å². The Morgan fingerprint density at radius 2 is 2.41 bits per heavy atom.